The zero-order valence-electron chi connectivity index (χ0n) is 15.6. The fourth-order valence-electron chi connectivity index (χ4n) is 3.22. The number of nitriles is 1. The largest absolute Gasteiger partial charge is 0.411 e. The van der Waals surface area contributed by atoms with Gasteiger partial charge in [-0.25, -0.2) is 4.39 Å². The van der Waals surface area contributed by atoms with Gasteiger partial charge in [-0.05, 0) is 55.0 Å². The Labute approximate surface area is 175 Å². The molecule has 29 heavy (non-hydrogen) atoms. The van der Waals surface area contributed by atoms with Gasteiger partial charge in [-0.15, -0.1) is 21.5 Å². The molecule has 0 spiro atoms. The minimum Gasteiger partial charge on any atom is -0.411 e. The number of halogens is 1. The van der Waals surface area contributed by atoms with Crippen molar-refractivity contribution in [1.82, 2.24) is 10.2 Å². The highest BCUT2D eigenvalue weighted by atomic mass is 32.2. The summed E-state index contributed by atoms with van der Waals surface area (Å²) in [5.41, 5.74) is 2.28. The molecule has 0 fully saturated rings. The number of amides is 1. The summed E-state index contributed by atoms with van der Waals surface area (Å²) in [6.07, 6.45) is 2.90. The molecule has 4 rings (SSSR count). The van der Waals surface area contributed by atoms with Crippen molar-refractivity contribution in [2.75, 3.05) is 11.1 Å². The summed E-state index contributed by atoms with van der Waals surface area (Å²) < 4.78 is 18.5. The first-order valence-corrected chi connectivity index (χ1v) is 10.9. The van der Waals surface area contributed by atoms with Crippen LogP contribution in [0.2, 0.25) is 0 Å². The van der Waals surface area contributed by atoms with Gasteiger partial charge in [-0.2, -0.15) is 5.26 Å². The van der Waals surface area contributed by atoms with E-state index in [1.54, 1.807) is 12.1 Å². The van der Waals surface area contributed by atoms with Gasteiger partial charge in [0.25, 0.3) is 5.22 Å². The van der Waals surface area contributed by atoms with E-state index < -0.39 is 0 Å². The van der Waals surface area contributed by atoms with Crippen molar-refractivity contribution < 1.29 is 13.6 Å². The molecular formula is C20H17FN4O2S2. The van der Waals surface area contributed by atoms with Crippen LogP contribution >= 0.6 is 23.1 Å². The SMILES string of the molecule is C[C@H]1CCc2c(sc(NC(=O)CSc3nnc(-c4ccc(F)cc4)o3)c2C#N)C1. The second-order valence-electron chi connectivity index (χ2n) is 6.88. The maximum Gasteiger partial charge on any atom is 0.277 e. The molecule has 0 bridgehead atoms. The van der Waals surface area contributed by atoms with E-state index in [0.29, 0.717) is 22.0 Å². The molecule has 0 aliphatic heterocycles. The normalized spacial score (nSPS) is 15.6. The molecule has 6 nitrogen and oxygen atoms in total. The lowest BCUT2D eigenvalue weighted by Gasteiger charge is -2.17. The highest BCUT2D eigenvalue weighted by Crippen LogP contribution is 2.39. The number of nitrogens with zero attached hydrogens (tertiary/aromatic N) is 3. The number of aromatic nitrogens is 2. The number of nitrogens with one attached hydrogen (secondary N) is 1. The molecule has 0 unspecified atom stereocenters. The average molecular weight is 429 g/mol. The van der Waals surface area contributed by atoms with Crippen molar-refractivity contribution in [3.8, 4) is 17.5 Å². The van der Waals surface area contributed by atoms with Crippen molar-refractivity contribution >= 4 is 34.0 Å². The van der Waals surface area contributed by atoms with Crippen molar-refractivity contribution in [3.05, 3.63) is 46.1 Å². The van der Waals surface area contributed by atoms with Crippen LogP contribution in [-0.4, -0.2) is 21.9 Å². The van der Waals surface area contributed by atoms with Gasteiger partial charge in [0.15, 0.2) is 0 Å². The standard InChI is InChI=1S/C20H17FN4O2S2/c1-11-2-7-14-15(9-22)19(29-16(14)8-11)23-17(26)10-28-20-25-24-18(27-20)12-3-5-13(21)6-4-12/h3-6,11H,2,7-8,10H2,1H3,(H,23,26)/t11-/m0/s1. The van der Waals surface area contributed by atoms with E-state index in [4.69, 9.17) is 4.42 Å². The van der Waals surface area contributed by atoms with Crippen LogP contribution in [0.5, 0.6) is 0 Å². The van der Waals surface area contributed by atoms with E-state index in [1.165, 1.54) is 28.3 Å². The van der Waals surface area contributed by atoms with Crippen LogP contribution in [0.4, 0.5) is 9.39 Å². The zero-order valence-corrected chi connectivity index (χ0v) is 17.2. The van der Waals surface area contributed by atoms with Crippen LogP contribution in [0.15, 0.2) is 33.9 Å². The third kappa shape index (κ3) is 4.33. The number of thioether (sulfide) groups is 1. The zero-order chi connectivity index (χ0) is 20.4. The minimum absolute atomic E-state index is 0.0783. The number of hydrogen-bond acceptors (Lipinski definition) is 7. The van der Waals surface area contributed by atoms with Gasteiger partial charge in [-0.3, -0.25) is 4.79 Å². The Bertz CT molecular complexity index is 1090. The van der Waals surface area contributed by atoms with Gasteiger partial charge in [0.05, 0.1) is 11.3 Å². The lowest BCUT2D eigenvalue weighted by atomic mass is 9.89. The summed E-state index contributed by atoms with van der Waals surface area (Å²) in [5, 5.41) is 21.1. The summed E-state index contributed by atoms with van der Waals surface area (Å²) >= 11 is 2.61. The summed E-state index contributed by atoms with van der Waals surface area (Å²) in [7, 11) is 0. The molecule has 2 aromatic heterocycles. The first-order valence-electron chi connectivity index (χ1n) is 9.10. The highest BCUT2D eigenvalue weighted by Gasteiger charge is 2.24. The molecule has 1 N–H and O–H groups in total. The van der Waals surface area contributed by atoms with Crippen LogP contribution in [0, 0.1) is 23.1 Å². The maximum absolute atomic E-state index is 13.0. The minimum atomic E-state index is -0.346. The quantitative estimate of drug-likeness (QED) is 0.594. The molecule has 0 radical (unpaired) electrons. The third-order valence-electron chi connectivity index (χ3n) is 4.70. The molecule has 1 atom stereocenters. The molecule has 1 aliphatic rings. The molecule has 0 saturated carbocycles. The molecule has 2 heterocycles. The number of carbonyl (C=O) groups excluding carboxylic acids is 1. The monoisotopic (exact) mass is 428 g/mol. The first kappa shape index (κ1) is 19.6. The number of hydrogen-bond donors (Lipinski definition) is 1. The molecule has 1 amide bonds. The Hall–Kier alpha value is -2.70. The van der Waals surface area contributed by atoms with Crippen LogP contribution in [0.25, 0.3) is 11.5 Å². The fourth-order valence-corrected chi connectivity index (χ4v) is 5.16. The lowest BCUT2D eigenvalue weighted by Crippen LogP contribution is -2.14. The predicted molar refractivity (Wildman–Crippen MR) is 109 cm³/mol. The Morgan fingerprint density at radius 3 is 2.97 bits per heavy atom. The Balaban J connectivity index is 1.39. The van der Waals surface area contributed by atoms with Gasteiger partial charge in [0.2, 0.25) is 11.8 Å². The van der Waals surface area contributed by atoms with Crippen molar-refractivity contribution in [3.63, 3.8) is 0 Å². The Morgan fingerprint density at radius 1 is 1.41 bits per heavy atom. The second kappa shape index (κ2) is 8.35. The molecule has 3 aromatic rings. The topological polar surface area (TPSA) is 91.8 Å². The number of rotatable bonds is 5. The molecule has 1 aliphatic carbocycles. The highest BCUT2D eigenvalue weighted by molar-refractivity contribution is 7.99. The maximum atomic E-state index is 13.0. The number of carbonyl (C=O) groups is 1. The number of fused-ring (bicyclic) bond motifs is 1. The number of benzene rings is 1. The van der Waals surface area contributed by atoms with Crippen molar-refractivity contribution in [2.24, 2.45) is 5.92 Å². The molecular weight excluding hydrogens is 411 g/mol. The third-order valence-corrected chi connectivity index (χ3v) is 6.69. The summed E-state index contributed by atoms with van der Waals surface area (Å²) in [4.78, 5) is 13.6. The van der Waals surface area contributed by atoms with Crippen LogP contribution in [0.3, 0.4) is 0 Å². The van der Waals surface area contributed by atoms with Gasteiger partial charge in [0, 0.05) is 10.4 Å². The van der Waals surface area contributed by atoms with Gasteiger partial charge >= 0.3 is 0 Å². The van der Waals surface area contributed by atoms with Gasteiger partial charge in [-0.1, -0.05) is 18.7 Å². The molecule has 9 heteroatoms. The van der Waals surface area contributed by atoms with E-state index in [9.17, 15) is 14.4 Å². The van der Waals surface area contributed by atoms with E-state index >= 15 is 0 Å². The summed E-state index contributed by atoms with van der Waals surface area (Å²) in [6, 6.07) is 7.97. The molecule has 0 saturated heterocycles. The van der Waals surface area contributed by atoms with E-state index in [0.717, 1.165) is 36.6 Å². The lowest BCUT2D eigenvalue weighted by molar-refractivity contribution is -0.113. The fraction of sp³-hybridized carbons (Fsp3) is 0.300. The van der Waals surface area contributed by atoms with E-state index in [-0.39, 0.29) is 28.6 Å². The predicted octanol–water partition coefficient (Wildman–Crippen LogP) is 4.66. The Kier molecular flexibility index (Phi) is 5.65. The smallest absolute Gasteiger partial charge is 0.277 e. The van der Waals surface area contributed by atoms with Crippen molar-refractivity contribution in [2.45, 2.75) is 31.4 Å². The van der Waals surface area contributed by atoms with E-state index in [2.05, 4.69) is 28.5 Å². The summed E-state index contributed by atoms with van der Waals surface area (Å²) in [5.74, 6) is 0.356. The van der Waals surface area contributed by atoms with Gasteiger partial charge in [0.1, 0.15) is 16.9 Å². The summed E-state index contributed by atoms with van der Waals surface area (Å²) in [6.45, 7) is 2.20. The first-order chi connectivity index (χ1) is 14.0. The average Bonchev–Trinajstić information content (AvgIpc) is 3.30. The number of anilines is 1. The van der Waals surface area contributed by atoms with E-state index in [1.807, 2.05) is 0 Å². The second-order valence-corrected chi connectivity index (χ2v) is 8.92. The van der Waals surface area contributed by atoms with Crippen LogP contribution in [0.1, 0.15) is 29.3 Å². The number of thiophene rings is 1. The van der Waals surface area contributed by atoms with Crippen molar-refractivity contribution in [1.29, 1.82) is 5.26 Å². The molecule has 1 aromatic carbocycles. The Morgan fingerprint density at radius 2 is 2.21 bits per heavy atom. The molecule has 148 valence electrons. The van der Waals surface area contributed by atoms with Crippen LogP contribution in [-0.2, 0) is 17.6 Å². The van der Waals surface area contributed by atoms with Crippen LogP contribution < -0.4 is 5.32 Å². The van der Waals surface area contributed by atoms with Gasteiger partial charge < -0.3 is 9.73 Å².